The number of halogens is 1. The minimum absolute atomic E-state index is 0.141. The Morgan fingerprint density at radius 2 is 2.14 bits per heavy atom. The van der Waals surface area contributed by atoms with Crippen molar-refractivity contribution in [2.75, 3.05) is 13.1 Å². The van der Waals surface area contributed by atoms with Crippen LogP contribution in [-0.4, -0.2) is 34.0 Å². The van der Waals surface area contributed by atoms with Gasteiger partial charge in [-0.15, -0.1) is 0 Å². The van der Waals surface area contributed by atoms with Crippen molar-refractivity contribution < 1.29 is 13.7 Å². The van der Waals surface area contributed by atoms with Crippen LogP contribution >= 0.6 is 0 Å². The quantitative estimate of drug-likeness (QED) is 0.875. The van der Waals surface area contributed by atoms with Gasteiger partial charge in [0, 0.05) is 48.3 Å². The Morgan fingerprint density at radius 1 is 1.36 bits per heavy atom. The van der Waals surface area contributed by atoms with E-state index in [2.05, 4.69) is 10.1 Å². The Labute approximate surface area is 162 Å². The first-order chi connectivity index (χ1) is 13.6. The topological polar surface area (TPSA) is 85.2 Å². The number of carbonyl (C=O) groups excluding carboxylic acids is 1. The van der Waals surface area contributed by atoms with Crippen molar-refractivity contribution in [1.82, 2.24) is 15.0 Å². The number of likely N-dealkylation sites (tertiary alicyclic amines) is 1. The smallest absolute Gasteiger partial charge is 0.258 e. The highest BCUT2D eigenvalue weighted by molar-refractivity contribution is 5.75. The summed E-state index contributed by atoms with van der Waals surface area (Å²) in [6, 6.07) is 3.21. The van der Waals surface area contributed by atoms with Crippen LogP contribution in [0.15, 0.2) is 28.8 Å². The first kappa shape index (κ1) is 18.4. The van der Waals surface area contributed by atoms with Gasteiger partial charge in [0.15, 0.2) is 5.82 Å². The van der Waals surface area contributed by atoms with Crippen LogP contribution in [0.4, 0.5) is 4.39 Å². The van der Waals surface area contributed by atoms with E-state index in [9.17, 15) is 9.18 Å². The van der Waals surface area contributed by atoms with Gasteiger partial charge in [-0.1, -0.05) is 30.3 Å². The van der Waals surface area contributed by atoms with Crippen molar-refractivity contribution in [2.24, 2.45) is 5.73 Å². The Bertz CT molecular complexity index is 1050. The summed E-state index contributed by atoms with van der Waals surface area (Å²) in [6.45, 7) is 3.27. The van der Waals surface area contributed by atoms with Crippen molar-refractivity contribution in [3.8, 4) is 11.5 Å². The molecule has 7 heteroatoms. The molecule has 1 saturated heterocycles. The number of benzene rings is 1. The number of fused-ring (bicyclic) bond motifs is 1. The largest absolute Gasteiger partial charge is 0.401 e. The maximum Gasteiger partial charge on any atom is 0.258 e. The van der Waals surface area contributed by atoms with Crippen LogP contribution < -0.4 is 16.2 Å². The van der Waals surface area contributed by atoms with Gasteiger partial charge in [0.05, 0.1) is 0 Å². The zero-order chi connectivity index (χ0) is 19.7. The van der Waals surface area contributed by atoms with Gasteiger partial charge in [-0.2, -0.15) is 4.98 Å². The number of hydrogen-bond donors (Lipinski definition) is 1. The molecule has 2 N–H and O–H groups in total. The molecule has 2 heterocycles. The second-order valence-electron chi connectivity index (χ2n) is 7.21. The lowest BCUT2D eigenvalue weighted by atomic mass is 9.96. The highest BCUT2D eigenvalue weighted by Gasteiger charge is 2.26. The molecule has 6 nitrogen and oxygen atoms in total. The Hall–Kier alpha value is -2.96. The van der Waals surface area contributed by atoms with Gasteiger partial charge in [0.1, 0.15) is 5.82 Å². The van der Waals surface area contributed by atoms with Crippen molar-refractivity contribution in [1.29, 1.82) is 0 Å². The molecule has 0 spiro atoms. The third kappa shape index (κ3) is 3.44. The highest BCUT2D eigenvalue weighted by atomic mass is 19.1. The molecule has 1 aliphatic heterocycles. The van der Waals surface area contributed by atoms with Gasteiger partial charge >= 0.3 is 0 Å². The maximum atomic E-state index is 14.7. The third-order valence-corrected chi connectivity index (χ3v) is 5.40. The van der Waals surface area contributed by atoms with E-state index in [1.807, 2.05) is 36.1 Å². The summed E-state index contributed by atoms with van der Waals surface area (Å²) >= 11 is 0. The van der Waals surface area contributed by atoms with Gasteiger partial charge in [-0.25, -0.2) is 4.39 Å². The molecule has 0 saturated carbocycles. The first-order valence-electron chi connectivity index (χ1n) is 9.63. The fourth-order valence-corrected chi connectivity index (χ4v) is 3.82. The van der Waals surface area contributed by atoms with E-state index in [0.717, 1.165) is 12.8 Å². The Morgan fingerprint density at radius 3 is 2.89 bits per heavy atom. The number of nitrogens with zero attached hydrogens (tertiary/aromatic N) is 3. The molecule has 1 fully saturated rings. The molecule has 146 valence electrons. The number of nitrogens with two attached hydrogens (primary N) is 1. The average molecular weight is 382 g/mol. The summed E-state index contributed by atoms with van der Waals surface area (Å²) in [5, 5.41) is 5.25. The van der Waals surface area contributed by atoms with Crippen LogP contribution in [0.5, 0.6) is 0 Å². The normalized spacial score (nSPS) is 17.2. The summed E-state index contributed by atoms with van der Waals surface area (Å²) < 4.78 is 20.1. The number of piperidine rings is 1. The SMILES string of the molecule is CCC(=O)N1CCC(c2noc(-c3cc(F)c4c(c3)=CC=CCC=4N)n2)CC1. The lowest BCUT2D eigenvalue weighted by Gasteiger charge is -2.30. The Kier molecular flexibility index (Phi) is 4.98. The van der Waals surface area contributed by atoms with Crippen LogP contribution in [0.3, 0.4) is 0 Å². The molecule has 28 heavy (non-hydrogen) atoms. The zero-order valence-electron chi connectivity index (χ0n) is 15.8. The molecule has 1 aromatic heterocycles. The number of hydrogen-bond acceptors (Lipinski definition) is 5. The van der Waals surface area contributed by atoms with Crippen molar-refractivity contribution >= 4 is 17.7 Å². The standard InChI is InChI=1S/C21H23FN4O2/c1-2-18(27)26-9-7-13(8-10-26)20-24-21(28-25-20)15-11-14-5-3-4-6-17(23)19(14)16(22)12-15/h3-5,11-13H,2,6-10,23H2,1H3. The first-order valence-corrected chi connectivity index (χ1v) is 9.63. The van der Waals surface area contributed by atoms with Gasteiger partial charge in [0.25, 0.3) is 5.89 Å². The molecule has 0 atom stereocenters. The summed E-state index contributed by atoms with van der Waals surface area (Å²) in [4.78, 5) is 18.2. The Balaban J connectivity index is 1.59. The maximum absolute atomic E-state index is 14.7. The van der Waals surface area contributed by atoms with E-state index >= 15 is 0 Å². The molecule has 1 amide bonds. The lowest BCUT2D eigenvalue weighted by molar-refractivity contribution is -0.131. The summed E-state index contributed by atoms with van der Waals surface area (Å²) in [7, 11) is 0. The molecule has 2 aliphatic rings. The number of aromatic nitrogens is 2. The monoisotopic (exact) mass is 382 g/mol. The van der Waals surface area contributed by atoms with Crippen LogP contribution in [0.25, 0.3) is 23.2 Å². The fourth-order valence-electron chi connectivity index (χ4n) is 3.82. The van der Waals surface area contributed by atoms with Crippen LogP contribution in [0.1, 0.15) is 44.3 Å². The minimum atomic E-state index is -0.393. The predicted molar refractivity (Wildman–Crippen MR) is 104 cm³/mol. The number of rotatable bonds is 3. The summed E-state index contributed by atoms with van der Waals surface area (Å²) in [6.07, 6.45) is 8.24. The van der Waals surface area contributed by atoms with Gasteiger partial charge in [0.2, 0.25) is 5.91 Å². The number of carbonyl (C=O) groups is 1. The van der Waals surface area contributed by atoms with E-state index in [4.69, 9.17) is 10.3 Å². The second kappa shape index (κ2) is 7.58. The van der Waals surface area contributed by atoms with Gasteiger partial charge < -0.3 is 15.2 Å². The summed E-state index contributed by atoms with van der Waals surface area (Å²) in [5.74, 6) is 0.834. The van der Waals surface area contributed by atoms with E-state index < -0.39 is 5.82 Å². The van der Waals surface area contributed by atoms with E-state index in [-0.39, 0.29) is 11.8 Å². The lowest BCUT2D eigenvalue weighted by Crippen LogP contribution is -2.37. The molecular formula is C21H23FN4O2. The number of allylic oxidation sites excluding steroid dienone is 1. The molecule has 0 radical (unpaired) electrons. The van der Waals surface area contributed by atoms with Crippen molar-refractivity contribution in [3.63, 3.8) is 0 Å². The van der Waals surface area contributed by atoms with Crippen molar-refractivity contribution in [3.05, 3.63) is 46.4 Å². The van der Waals surface area contributed by atoms with Crippen molar-refractivity contribution in [2.45, 2.75) is 38.5 Å². The fraction of sp³-hybridized carbons (Fsp3) is 0.381. The van der Waals surface area contributed by atoms with Crippen LogP contribution in [0, 0.1) is 5.82 Å². The minimum Gasteiger partial charge on any atom is -0.401 e. The average Bonchev–Trinajstić information content (AvgIpc) is 3.12. The molecule has 1 aromatic carbocycles. The van der Waals surface area contributed by atoms with E-state index in [0.29, 0.717) is 59.3 Å². The third-order valence-electron chi connectivity index (χ3n) is 5.40. The van der Waals surface area contributed by atoms with Gasteiger partial charge in [-0.3, -0.25) is 4.79 Å². The predicted octanol–water partition coefficient (Wildman–Crippen LogP) is 1.80. The van der Waals surface area contributed by atoms with E-state index in [1.54, 1.807) is 0 Å². The molecule has 0 unspecified atom stereocenters. The molecule has 1 aliphatic carbocycles. The van der Waals surface area contributed by atoms with Crippen LogP contribution in [-0.2, 0) is 4.79 Å². The molecular weight excluding hydrogens is 359 g/mol. The van der Waals surface area contributed by atoms with Gasteiger partial charge in [-0.05, 0) is 30.2 Å². The van der Waals surface area contributed by atoms with Crippen LogP contribution in [0.2, 0.25) is 0 Å². The summed E-state index contributed by atoms with van der Waals surface area (Å²) in [5.41, 5.74) is 7.04. The zero-order valence-corrected chi connectivity index (χ0v) is 15.8. The molecule has 0 bridgehead atoms. The molecule has 2 aromatic rings. The second-order valence-corrected chi connectivity index (χ2v) is 7.21. The van der Waals surface area contributed by atoms with E-state index in [1.165, 1.54) is 6.07 Å². The number of amides is 1. The highest BCUT2D eigenvalue weighted by Crippen LogP contribution is 2.28. The molecule has 4 rings (SSSR count).